The van der Waals surface area contributed by atoms with E-state index >= 15 is 0 Å². The average molecular weight is 584 g/mol. The Morgan fingerprint density at radius 2 is 1.75 bits per heavy atom. The zero-order chi connectivity index (χ0) is 28.1. The summed E-state index contributed by atoms with van der Waals surface area (Å²) in [7, 11) is -4.01. The van der Waals surface area contributed by atoms with Gasteiger partial charge >= 0.3 is 0 Å². The Morgan fingerprint density at radius 1 is 1.00 bits per heavy atom. The van der Waals surface area contributed by atoms with E-state index in [1.807, 2.05) is 36.4 Å². The number of benzene rings is 2. The van der Waals surface area contributed by atoms with Crippen molar-refractivity contribution in [3.05, 3.63) is 102 Å². The van der Waals surface area contributed by atoms with E-state index in [0.29, 0.717) is 36.5 Å². The van der Waals surface area contributed by atoms with Crippen LogP contribution in [-0.4, -0.2) is 49.4 Å². The maximum Gasteiger partial charge on any atom is 0.250 e. The first-order chi connectivity index (χ1) is 19.3. The second-order valence-corrected chi connectivity index (χ2v) is 12.4. The van der Waals surface area contributed by atoms with Crippen molar-refractivity contribution in [3.63, 3.8) is 0 Å². The van der Waals surface area contributed by atoms with Gasteiger partial charge in [0.05, 0.1) is 10.6 Å². The highest BCUT2D eigenvalue weighted by Gasteiger charge is 2.33. The fourth-order valence-corrected chi connectivity index (χ4v) is 7.03. The van der Waals surface area contributed by atoms with Crippen molar-refractivity contribution in [2.45, 2.75) is 35.6 Å². The lowest BCUT2D eigenvalue weighted by molar-refractivity contribution is -0.134. The lowest BCUT2D eigenvalue weighted by Crippen LogP contribution is -2.52. The quantitative estimate of drug-likeness (QED) is 0.298. The van der Waals surface area contributed by atoms with Gasteiger partial charge in [-0.15, -0.1) is 11.3 Å². The zero-order valence-electron chi connectivity index (χ0n) is 21.4. The molecule has 4 aromatic rings. The van der Waals surface area contributed by atoms with Crippen LogP contribution in [0.25, 0.3) is 10.6 Å². The van der Waals surface area contributed by atoms with Gasteiger partial charge in [-0.2, -0.15) is 4.72 Å². The average Bonchev–Trinajstić information content (AvgIpc) is 3.48. The van der Waals surface area contributed by atoms with Gasteiger partial charge in [-0.25, -0.2) is 17.2 Å². The van der Waals surface area contributed by atoms with Crippen LogP contribution in [0, 0.1) is 11.6 Å². The summed E-state index contributed by atoms with van der Waals surface area (Å²) < 4.78 is 62.1. The van der Waals surface area contributed by atoms with Gasteiger partial charge in [0.25, 0.3) is 10.0 Å². The zero-order valence-corrected chi connectivity index (χ0v) is 23.0. The lowest BCUT2D eigenvalue weighted by Gasteiger charge is -2.34. The Kier molecular flexibility index (Phi) is 8.53. The second-order valence-electron chi connectivity index (χ2n) is 9.42. The molecule has 0 radical (unpaired) electrons. The molecule has 1 fully saturated rings. The van der Waals surface area contributed by atoms with Crippen molar-refractivity contribution in [2.75, 3.05) is 13.1 Å². The monoisotopic (exact) mass is 583 g/mol. The van der Waals surface area contributed by atoms with Gasteiger partial charge in [0.15, 0.2) is 11.6 Å². The molecule has 0 aliphatic carbocycles. The molecule has 208 valence electrons. The van der Waals surface area contributed by atoms with Gasteiger partial charge in [0, 0.05) is 38.2 Å². The fourth-order valence-electron chi connectivity index (χ4n) is 4.54. The van der Waals surface area contributed by atoms with Gasteiger partial charge in [-0.05, 0) is 48.4 Å². The third-order valence-corrected chi connectivity index (χ3v) is 9.66. The molecular weight excluding hydrogens is 556 g/mol. The SMILES string of the molecule is O=C([C@H](Cc1ccccc1)NS(=O)(=O)c1ccc(-c2ccccn2)s1)N1CCC(Oc2ccc(F)c(F)c2)CC1. The number of pyridine rings is 1. The van der Waals surface area contributed by atoms with Crippen LogP contribution in [0.15, 0.2) is 89.3 Å². The number of aromatic nitrogens is 1. The summed E-state index contributed by atoms with van der Waals surface area (Å²) >= 11 is 1.09. The first-order valence-corrected chi connectivity index (χ1v) is 15.1. The molecule has 2 aromatic heterocycles. The number of hydrogen-bond acceptors (Lipinski definition) is 6. The molecule has 2 aromatic carbocycles. The maximum atomic E-state index is 13.6. The van der Waals surface area contributed by atoms with E-state index in [1.165, 1.54) is 12.1 Å². The molecular formula is C29H27F2N3O4S2. The number of hydrogen-bond donors (Lipinski definition) is 1. The normalized spacial score (nSPS) is 15.1. The van der Waals surface area contributed by atoms with E-state index in [9.17, 15) is 22.0 Å². The number of rotatable bonds is 9. The van der Waals surface area contributed by atoms with Gasteiger partial charge in [0.1, 0.15) is 22.1 Å². The number of ether oxygens (including phenoxy) is 1. The number of carbonyl (C=O) groups is 1. The molecule has 0 unspecified atom stereocenters. The van der Waals surface area contributed by atoms with E-state index in [1.54, 1.807) is 29.3 Å². The lowest BCUT2D eigenvalue weighted by atomic mass is 10.0. The molecule has 1 saturated heterocycles. The van der Waals surface area contributed by atoms with Gasteiger partial charge in [0.2, 0.25) is 5.91 Å². The van der Waals surface area contributed by atoms with Crippen LogP contribution in [0.1, 0.15) is 18.4 Å². The number of amides is 1. The van der Waals surface area contributed by atoms with E-state index in [-0.39, 0.29) is 28.4 Å². The smallest absolute Gasteiger partial charge is 0.250 e. The Morgan fingerprint density at radius 3 is 2.45 bits per heavy atom. The predicted octanol–water partition coefficient (Wildman–Crippen LogP) is 5.05. The molecule has 1 N–H and O–H groups in total. The van der Waals surface area contributed by atoms with Crippen LogP contribution in [-0.2, 0) is 21.2 Å². The summed E-state index contributed by atoms with van der Waals surface area (Å²) in [6.45, 7) is 0.673. The number of piperidine rings is 1. The number of likely N-dealkylation sites (tertiary alicyclic amines) is 1. The summed E-state index contributed by atoms with van der Waals surface area (Å²) in [5, 5.41) is 0. The minimum Gasteiger partial charge on any atom is -0.490 e. The third kappa shape index (κ3) is 6.72. The molecule has 5 rings (SSSR count). The van der Waals surface area contributed by atoms with Crippen LogP contribution in [0.2, 0.25) is 0 Å². The number of nitrogens with zero attached hydrogens (tertiary/aromatic N) is 2. The summed E-state index contributed by atoms with van der Waals surface area (Å²) in [6, 6.07) is 20.2. The first kappa shape index (κ1) is 27.9. The van der Waals surface area contributed by atoms with Crippen molar-refractivity contribution in [1.29, 1.82) is 0 Å². The highest BCUT2D eigenvalue weighted by atomic mass is 32.2. The minimum atomic E-state index is -4.01. The highest BCUT2D eigenvalue weighted by molar-refractivity contribution is 7.91. The molecule has 11 heteroatoms. The summed E-state index contributed by atoms with van der Waals surface area (Å²) in [5.41, 5.74) is 1.49. The molecule has 1 atom stereocenters. The van der Waals surface area contributed by atoms with Crippen molar-refractivity contribution in [2.24, 2.45) is 0 Å². The van der Waals surface area contributed by atoms with Crippen LogP contribution >= 0.6 is 11.3 Å². The molecule has 40 heavy (non-hydrogen) atoms. The van der Waals surface area contributed by atoms with Crippen LogP contribution in [0.3, 0.4) is 0 Å². The molecule has 0 bridgehead atoms. The number of halogens is 2. The first-order valence-electron chi connectivity index (χ1n) is 12.8. The molecule has 0 spiro atoms. The van der Waals surface area contributed by atoms with E-state index in [4.69, 9.17) is 4.74 Å². The standard InChI is InChI=1S/C29H27F2N3O4S2/c30-23-10-9-22(19-24(23)31)38-21-13-16-34(17-14-21)29(35)26(18-20-6-2-1-3-7-20)33-40(36,37)28-12-11-27(39-28)25-8-4-5-15-32-25/h1-12,15,19,21,26,33H,13-14,16-18H2/t26-/m0/s1. The Labute approximate surface area is 235 Å². The summed E-state index contributed by atoms with van der Waals surface area (Å²) in [5.74, 6) is -2.05. The number of carbonyl (C=O) groups excluding carboxylic acids is 1. The molecule has 1 aliphatic heterocycles. The van der Waals surface area contributed by atoms with Gasteiger partial charge in [-0.1, -0.05) is 36.4 Å². The van der Waals surface area contributed by atoms with Crippen molar-refractivity contribution in [3.8, 4) is 16.3 Å². The molecule has 3 heterocycles. The summed E-state index contributed by atoms with van der Waals surface area (Å²) in [6.07, 6.45) is 2.47. The number of thiophene rings is 1. The summed E-state index contributed by atoms with van der Waals surface area (Å²) in [4.78, 5) is 20.2. The Balaban J connectivity index is 1.29. The Bertz CT molecular complexity index is 1560. The fraction of sp³-hybridized carbons (Fsp3) is 0.241. The van der Waals surface area contributed by atoms with Crippen LogP contribution < -0.4 is 9.46 Å². The van der Waals surface area contributed by atoms with Gasteiger partial charge < -0.3 is 9.64 Å². The second kappa shape index (κ2) is 12.2. The number of nitrogens with one attached hydrogen (secondary N) is 1. The predicted molar refractivity (Wildman–Crippen MR) is 148 cm³/mol. The molecule has 0 saturated carbocycles. The minimum absolute atomic E-state index is 0.0950. The van der Waals surface area contributed by atoms with Crippen LogP contribution in [0.4, 0.5) is 8.78 Å². The topological polar surface area (TPSA) is 88.6 Å². The highest BCUT2D eigenvalue weighted by Crippen LogP contribution is 2.30. The van der Waals surface area contributed by atoms with Gasteiger partial charge in [-0.3, -0.25) is 9.78 Å². The van der Waals surface area contributed by atoms with E-state index in [0.717, 1.165) is 29.0 Å². The largest absolute Gasteiger partial charge is 0.490 e. The van der Waals surface area contributed by atoms with E-state index in [2.05, 4.69) is 9.71 Å². The number of sulfonamides is 1. The van der Waals surface area contributed by atoms with E-state index < -0.39 is 27.7 Å². The van der Waals surface area contributed by atoms with Crippen molar-refractivity contribution >= 4 is 27.3 Å². The van der Waals surface area contributed by atoms with Crippen LogP contribution in [0.5, 0.6) is 5.75 Å². The Hall–Kier alpha value is -3.67. The molecule has 1 amide bonds. The third-order valence-electron chi connectivity index (χ3n) is 6.59. The van der Waals surface area contributed by atoms with Crippen molar-refractivity contribution < 1.29 is 26.7 Å². The molecule has 1 aliphatic rings. The molecule has 7 nitrogen and oxygen atoms in total. The van der Waals surface area contributed by atoms with Crippen molar-refractivity contribution in [1.82, 2.24) is 14.6 Å². The maximum absolute atomic E-state index is 13.6.